The molecular weight excluding hydrogens is 174 g/mol. The predicted octanol–water partition coefficient (Wildman–Crippen LogP) is 1.90. The summed E-state index contributed by atoms with van der Waals surface area (Å²) < 4.78 is 2.25. The smallest absolute Gasteiger partial charge is 0.0635 e. The molecule has 0 saturated carbocycles. The molecule has 0 aliphatic carbocycles. The van der Waals surface area contributed by atoms with E-state index in [4.69, 9.17) is 5.26 Å². The Hall–Kier alpha value is -1.27. The van der Waals surface area contributed by atoms with Gasteiger partial charge in [0.05, 0.1) is 6.07 Å². The van der Waals surface area contributed by atoms with Crippen molar-refractivity contribution < 1.29 is 0 Å². The summed E-state index contributed by atoms with van der Waals surface area (Å²) in [5, 5.41) is 11.6. The average molecular weight is 191 g/mol. The van der Waals surface area contributed by atoms with Gasteiger partial charge in [0.2, 0.25) is 0 Å². The molecule has 14 heavy (non-hydrogen) atoms. The van der Waals surface area contributed by atoms with E-state index in [0.29, 0.717) is 6.42 Å². The molecule has 1 aromatic heterocycles. The zero-order valence-corrected chi connectivity index (χ0v) is 8.66. The lowest BCUT2D eigenvalue weighted by molar-refractivity contribution is 0.606. The van der Waals surface area contributed by atoms with Gasteiger partial charge in [-0.3, -0.25) is 0 Å². The maximum absolute atomic E-state index is 8.37. The molecule has 3 nitrogen and oxygen atoms in total. The highest BCUT2D eigenvalue weighted by Gasteiger charge is 1.98. The Labute approximate surface area is 85.3 Å². The number of nitrogens with zero attached hydrogens (tertiary/aromatic N) is 2. The van der Waals surface area contributed by atoms with Gasteiger partial charge in [-0.25, -0.2) is 0 Å². The Balaban J connectivity index is 2.34. The molecule has 76 valence electrons. The largest absolute Gasteiger partial charge is 0.350 e. The van der Waals surface area contributed by atoms with E-state index in [1.807, 2.05) is 0 Å². The van der Waals surface area contributed by atoms with E-state index in [0.717, 1.165) is 26.1 Å². The lowest BCUT2D eigenvalue weighted by atomic mass is 10.4. The van der Waals surface area contributed by atoms with Crippen molar-refractivity contribution >= 4 is 0 Å². The summed E-state index contributed by atoms with van der Waals surface area (Å²) in [4.78, 5) is 0. The fourth-order valence-corrected chi connectivity index (χ4v) is 1.43. The quantitative estimate of drug-likeness (QED) is 0.698. The molecule has 0 radical (unpaired) electrons. The summed E-state index contributed by atoms with van der Waals surface area (Å²) in [5.41, 5.74) is 1.30. The van der Waals surface area contributed by atoms with E-state index >= 15 is 0 Å². The van der Waals surface area contributed by atoms with Gasteiger partial charge in [0.1, 0.15) is 0 Å². The Morgan fingerprint density at radius 1 is 1.57 bits per heavy atom. The molecule has 0 atom stereocenters. The van der Waals surface area contributed by atoms with Crippen molar-refractivity contribution in [2.45, 2.75) is 32.9 Å². The first-order valence-corrected chi connectivity index (χ1v) is 5.10. The Morgan fingerprint density at radius 2 is 2.43 bits per heavy atom. The van der Waals surface area contributed by atoms with Gasteiger partial charge >= 0.3 is 0 Å². The first-order chi connectivity index (χ1) is 6.88. The third-order valence-corrected chi connectivity index (χ3v) is 2.11. The lowest BCUT2D eigenvalue weighted by Crippen LogP contribution is -2.16. The molecule has 0 saturated heterocycles. The minimum atomic E-state index is 0.578. The lowest BCUT2D eigenvalue weighted by Gasteiger charge is -2.07. The third-order valence-electron chi connectivity index (χ3n) is 2.11. The van der Waals surface area contributed by atoms with E-state index in [1.165, 1.54) is 5.69 Å². The normalized spacial score (nSPS) is 10.0. The van der Waals surface area contributed by atoms with Gasteiger partial charge in [0.15, 0.2) is 0 Å². The maximum Gasteiger partial charge on any atom is 0.0635 e. The zero-order valence-electron chi connectivity index (χ0n) is 8.66. The van der Waals surface area contributed by atoms with Gasteiger partial charge in [0.25, 0.3) is 0 Å². The summed E-state index contributed by atoms with van der Waals surface area (Å²) in [6.45, 7) is 4.87. The average Bonchev–Trinajstić information content (AvgIpc) is 2.61. The molecule has 0 amide bonds. The van der Waals surface area contributed by atoms with E-state index < -0.39 is 0 Å². The van der Waals surface area contributed by atoms with Crippen LogP contribution in [0.5, 0.6) is 0 Å². The number of rotatable bonds is 6. The maximum atomic E-state index is 8.37. The highest BCUT2D eigenvalue weighted by Crippen LogP contribution is 2.02. The van der Waals surface area contributed by atoms with Gasteiger partial charge in [-0.2, -0.15) is 5.26 Å². The van der Waals surface area contributed by atoms with Crippen molar-refractivity contribution in [3.05, 3.63) is 24.0 Å². The highest BCUT2D eigenvalue weighted by atomic mass is 15.0. The summed E-state index contributed by atoms with van der Waals surface area (Å²) in [6.07, 6.45) is 3.83. The molecule has 0 unspecified atom stereocenters. The molecule has 1 heterocycles. The van der Waals surface area contributed by atoms with Crippen LogP contribution in [-0.2, 0) is 13.1 Å². The third kappa shape index (κ3) is 3.23. The molecule has 1 N–H and O–H groups in total. The molecule has 3 heteroatoms. The molecule has 0 fully saturated rings. The second kappa shape index (κ2) is 6.22. The SMILES string of the molecule is CCCn1cccc1CNCCC#N. The molecule has 0 aliphatic rings. The van der Waals surface area contributed by atoms with Crippen molar-refractivity contribution in [2.24, 2.45) is 0 Å². The van der Waals surface area contributed by atoms with Gasteiger partial charge in [-0.15, -0.1) is 0 Å². The van der Waals surface area contributed by atoms with Crippen LogP contribution >= 0.6 is 0 Å². The minimum Gasteiger partial charge on any atom is -0.350 e. The molecule has 0 aliphatic heterocycles. The van der Waals surface area contributed by atoms with Crippen LogP contribution in [-0.4, -0.2) is 11.1 Å². The number of aryl methyl sites for hydroxylation is 1. The summed E-state index contributed by atoms with van der Waals surface area (Å²) >= 11 is 0. The highest BCUT2D eigenvalue weighted by molar-refractivity contribution is 5.06. The van der Waals surface area contributed by atoms with E-state index in [-0.39, 0.29) is 0 Å². The van der Waals surface area contributed by atoms with Gasteiger partial charge < -0.3 is 9.88 Å². The van der Waals surface area contributed by atoms with Crippen LogP contribution in [0.2, 0.25) is 0 Å². The molecule has 1 aromatic rings. The predicted molar refractivity (Wildman–Crippen MR) is 56.7 cm³/mol. The summed E-state index contributed by atoms with van der Waals surface area (Å²) in [6, 6.07) is 6.30. The van der Waals surface area contributed by atoms with Crippen LogP contribution in [0.4, 0.5) is 0 Å². The number of nitrogens with one attached hydrogen (secondary N) is 1. The number of nitriles is 1. The molecule has 0 aromatic carbocycles. The monoisotopic (exact) mass is 191 g/mol. The van der Waals surface area contributed by atoms with Crippen LogP contribution in [0, 0.1) is 11.3 Å². The van der Waals surface area contributed by atoms with Crippen molar-refractivity contribution in [2.75, 3.05) is 6.54 Å². The fraction of sp³-hybridized carbons (Fsp3) is 0.545. The van der Waals surface area contributed by atoms with Crippen LogP contribution in [0.15, 0.2) is 18.3 Å². The molecule has 0 spiro atoms. The summed E-state index contributed by atoms with van der Waals surface area (Å²) in [5.74, 6) is 0. The molecule has 1 rings (SSSR count). The first kappa shape index (κ1) is 10.8. The van der Waals surface area contributed by atoms with Gasteiger partial charge in [0, 0.05) is 37.9 Å². The summed E-state index contributed by atoms with van der Waals surface area (Å²) in [7, 11) is 0. The van der Waals surface area contributed by atoms with Crippen LogP contribution < -0.4 is 5.32 Å². The number of hydrogen-bond donors (Lipinski definition) is 1. The van der Waals surface area contributed by atoms with E-state index in [1.54, 1.807) is 0 Å². The van der Waals surface area contributed by atoms with Gasteiger partial charge in [-0.1, -0.05) is 6.92 Å². The van der Waals surface area contributed by atoms with Gasteiger partial charge in [-0.05, 0) is 18.6 Å². The van der Waals surface area contributed by atoms with E-state index in [9.17, 15) is 0 Å². The second-order valence-electron chi connectivity index (χ2n) is 3.28. The Bertz CT molecular complexity index is 296. The minimum absolute atomic E-state index is 0.578. The van der Waals surface area contributed by atoms with Crippen molar-refractivity contribution in [1.29, 1.82) is 5.26 Å². The topological polar surface area (TPSA) is 40.8 Å². The number of aromatic nitrogens is 1. The Morgan fingerprint density at radius 3 is 3.14 bits per heavy atom. The Kier molecular flexibility index (Phi) is 4.81. The van der Waals surface area contributed by atoms with Crippen molar-refractivity contribution in [3.8, 4) is 6.07 Å². The van der Waals surface area contributed by atoms with E-state index in [2.05, 4.69) is 41.2 Å². The van der Waals surface area contributed by atoms with Crippen molar-refractivity contribution in [3.63, 3.8) is 0 Å². The fourth-order valence-electron chi connectivity index (χ4n) is 1.43. The van der Waals surface area contributed by atoms with Crippen molar-refractivity contribution in [1.82, 2.24) is 9.88 Å². The first-order valence-electron chi connectivity index (χ1n) is 5.10. The second-order valence-corrected chi connectivity index (χ2v) is 3.28. The van der Waals surface area contributed by atoms with Crippen LogP contribution in [0.25, 0.3) is 0 Å². The van der Waals surface area contributed by atoms with Crippen LogP contribution in [0.3, 0.4) is 0 Å². The molecular formula is C11H17N3. The zero-order chi connectivity index (χ0) is 10.2. The standard InChI is InChI=1S/C11H17N3/c1-2-8-14-9-3-5-11(14)10-13-7-4-6-12/h3,5,9,13H,2,4,7-8,10H2,1H3. The van der Waals surface area contributed by atoms with Crippen LogP contribution in [0.1, 0.15) is 25.5 Å². The molecule has 0 bridgehead atoms. The number of hydrogen-bond acceptors (Lipinski definition) is 2.